The van der Waals surface area contributed by atoms with Gasteiger partial charge in [-0.05, 0) is 57.0 Å². The SMILES string of the molecule is C1CCC(CNCC2CCCNC2)SC1. The molecule has 0 amide bonds. The highest BCUT2D eigenvalue weighted by molar-refractivity contribution is 7.99. The first kappa shape index (κ1) is 11.7. The minimum absolute atomic E-state index is 0.882. The van der Waals surface area contributed by atoms with E-state index < -0.39 is 0 Å². The van der Waals surface area contributed by atoms with Crippen LogP contribution in [0.2, 0.25) is 0 Å². The van der Waals surface area contributed by atoms with Gasteiger partial charge in [0.05, 0.1) is 0 Å². The lowest BCUT2D eigenvalue weighted by Gasteiger charge is -2.25. The van der Waals surface area contributed by atoms with E-state index in [4.69, 9.17) is 0 Å². The van der Waals surface area contributed by atoms with Crippen molar-refractivity contribution in [3.8, 4) is 0 Å². The summed E-state index contributed by atoms with van der Waals surface area (Å²) >= 11 is 2.17. The van der Waals surface area contributed by atoms with Crippen LogP contribution in [0.25, 0.3) is 0 Å². The summed E-state index contributed by atoms with van der Waals surface area (Å²) in [5.74, 6) is 2.27. The van der Waals surface area contributed by atoms with E-state index in [1.165, 1.54) is 64.0 Å². The van der Waals surface area contributed by atoms with Gasteiger partial charge in [-0.25, -0.2) is 0 Å². The third-order valence-corrected chi connectivity index (χ3v) is 4.88. The van der Waals surface area contributed by atoms with Gasteiger partial charge in [-0.15, -0.1) is 0 Å². The summed E-state index contributed by atoms with van der Waals surface area (Å²) in [5.41, 5.74) is 0. The number of thioether (sulfide) groups is 1. The summed E-state index contributed by atoms with van der Waals surface area (Å²) in [6, 6.07) is 0. The average molecular weight is 228 g/mol. The van der Waals surface area contributed by atoms with E-state index in [1.807, 2.05) is 0 Å². The summed E-state index contributed by atoms with van der Waals surface area (Å²) in [4.78, 5) is 0. The van der Waals surface area contributed by atoms with E-state index in [9.17, 15) is 0 Å². The van der Waals surface area contributed by atoms with Crippen LogP contribution in [-0.4, -0.2) is 37.2 Å². The van der Waals surface area contributed by atoms with Gasteiger partial charge in [0.2, 0.25) is 0 Å². The minimum atomic E-state index is 0.882. The molecule has 0 bridgehead atoms. The molecule has 0 aliphatic carbocycles. The molecule has 2 fully saturated rings. The van der Waals surface area contributed by atoms with Crippen LogP contribution in [0.3, 0.4) is 0 Å². The molecule has 3 heteroatoms. The fourth-order valence-electron chi connectivity index (χ4n) is 2.52. The van der Waals surface area contributed by atoms with Crippen LogP contribution in [0.5, 0.6) is 0 Å². The van der Waals surface area contributed by atoms with Crippen LogP contribution in [0.1, 0.15) is 32.1 Å². The number of nitrogens with one attached hydrogen (secondary N) is 2. The molecule has 2 nitrogen and oxygen atoms in total. The highest BCUT2D eigenvalue weighted by Crippen LogP contribution is 2.24. The third kappa shape index (κ3) is 4.33. The monoisotopic (exact) mass is 228 g/mol. The second-order valence-corrected chi connectivity index (χ2v) is 6.27. The van der Waals surface area contributed by atoms with Crippen LogP contribution in [-0.2, 0) is 0 Å². The zero-order chi connectivity index (χ0) is 10.3. The average Bonchev–Trinajstić information content (AvgIpc) is 2.32. The molecule has 2 aliphatic heterocycles. The lowest BCUT2D eigenvalue weighted by atomic mass is 10.00. The Morgan fingerprint density at radius 2 is 2.13 bits per heavy atom. The van der Waals surface area contributed by atoms with Crippen molar-refractivity contribution in [1.82, 2.24) is 10.6 Å². The van der Waals surface area contributed by atoms with E-state index in [2.05, 4.69) is 22.4 Å². The van der Waals surface area contributed by atoms with Crippen molar-refractivity contribution in [2.75, 3.05) is 31.9 Å². The molecular formula is C12H24N2S. The largest absolute Gasteiger partial charge is 0.316 e. The molecule has 0 spiro atoms. The standard InChI is InChI=1S/C12H24N2S/c1-2-7-15-12(5-1)10-14-9-11-4-3-6-13-8-11/h11-14H,1-10H2. The van der Waals surface area contributed by atoms with Crippen LogP contribution in [0, 0.1) is 5.92 Å². The van der Waals surface area contributed by atoms with E-state index in [-0.39, 0.29) is 0 Å². The maximum absolute atomic E-state index is 3.66. The Kier molecular flexibility index (Phi) is 5.30. The van der Waals surface area contributed by atoms with Crippen LogP contribution >= 0.6 is 11.8 Å². The molecule has 0 aromatic rings. The van der Waals surface area contributed by atoms with E-state index in [0.29, 0.717) is 0 Å². The highest BCUT2D eigenvalue weighted by atomic mass is 32.2. The maximum Gasteiger partial charge on any atom is 0.0172 e. The number of hydrogen-bond acceptors (Lipinski definition) is 3. The predicted octanol–water partition coefficient (Wildman–Crippen LogP) is 1.86. The molecule has 2 heterocycles. The first-order valence-corrected chi connectivity index (χ1v) is 7.53. The third-order valence-electron chi connectivity index (χ3n) is 3.48. The minimum Gasteiger partial charge on any atom is -0.316 e. The van der Waals surface area contributed by atoms with E-state index in [1.54, 1.807) is 0 Å². The Bertz CT molecular complexity index is 145. The summed E-state index contributed by atoms with van der Waals surface area (Å²) in [5, 5.41) is 8.04. The second kappa shape index (κ2) is 6.77. The molecule has 0 aromatic carbocycles. The summed E-state index contributed by atoms with van der Waals surface area (Å²) in [6.07, 6.45) is 7.10. The molecule has 88 valence electrons. The van der Waals surface area contributed by atoms with Crippen molar-refractivity contribution in [3.05, 3.63) is 0 Å². The molecule has 0 aromatic heterocycles. The van der Waals surface area contributed by atoms with Gasteiger partial charge in [-0.2, -0.15) is 11.8 Å². The molecular weight excluding hydrogens is 204 g/mol. The van der Waals surface area contributed by atoms with Crippen molar-refractivity contribution < 1.29 is 0 Å². The van der Waals surface area contributed by atoms with Gasteiger partial charge < -0.3 is 10.6 Å². The quantitative estimate of drug-likeness (QED) is 0.768. The number of hydrogen-bond donors (Lipinski definition) is 2. The zero-order valence-corrected chi connectivity index (χ0v) is 10.5. The summed E-state index contributed by atoms with van der Waals surface area (Å²) in [6.45, 7) is 4.92. The Labute approximate surface area is 98.0 Å². The van der Waals surface area contributed by atoms with Gasteiger partial charge in [0.15, 0.2) is 0 Å². The fourth-order valence-corrected chi connectivity index (χ4v) is 3.79. The van der Waals surface area contributed by atoms with Gasteiger partial charge in [-0.1, -0.05) is 6.42 Å². The number of rotatable bonds is 4. The Hall–Kier alpha value is 0.270. The molecule has 2 unspecified atom stereocenters. The number of piperidine rings is 1. The molecule has 2 N–H and O–H groups in total. The van der Waals surface area contributed by atoms with Gasteiger partial charge in [0.25, 0.3) is 0 Å². The molecule has 2 atom stereocenters. The Morgan fingerprint density at radius 1 is 1.13 bits per heavy atom. The first-order valence-electron chi connectivity index (χ1n) is 6.48. The molecule has 2 saturated heterocycles. The van der Waals surface area contributed by atoms with Crippen molar-refractivity contribution in [3.63, 3.8) is 0 Å². The predicted molar refractivity (Wildman–Crippen MR) is 68.6 cm³/mol. The molecule has 2 aliphatic rings. The maximum atomic E-state index is 3.66. The highest BCUT2D eigenvalue weighted by Gasteiger charge is 2.15. The van der Waals surface area contributed by atoms with Crippen molar-refractivity contribution in [1.29, 1.82) is 0 Å². The van der Waals surface area contributed by atoms with E-state index >= 15 is 0 Å². The van der Waals surface area contributed by atoms with Crippen molar-refractivity contribution >= 4 is 11.8 Å². The molecule has 15 heavy (non-hydrogen) atoms. The van der Waals surface area contributed by atoms with Crippen molar-refractivity contribution in [2.45, 2.75) is 37.4 Å². The fraction of sp³-hybridized carbons (Fsp3) is 1.00. The van der Waals surface area contributed by atoms with E-state index in [0.717, 1.165) is 11.2 Å². The normalized spacial score (nSPS) is 32.8. The van der Waals surface area contributed by atoms with Crippen LogP contribution < -0.4 is 10.6 Å². The molecule has 2 rings (SSSR count). The lowest BCUT2D eigenvalue weighted by Crippen LogP contribution is -2.38. The van der Waals surface area contributed by atoms with Crippen LogP contribution in [0.15, 0.2) is 0 Å². The molecule has 0 radical (unpaired) electrons. The smallest absolute Gasteiger partial charge is 0.0172 e. The van der Waals surface area contributed by atoms with Gasteiger partial charge in [0, 0.05) is 11.8 Å². The lowest BCUT2D eigenvalue weighted by molar-refractivity contribution is 0.359. The van der Waals surface area contributed by atoms with Gasteiger partial charge in [-0.3, -0.25) is 0 Å². The van der Waals surface area contributed by atoms with Crippen molar-refractivity contribution in [2.24, 2.45) is 5.92 Å². The Morgan fingerprint density at radius 3 is 2.87 bits per heavy atom. The van der Waals surface area contributed by atoms with Gasteiger partial charge >= 0.3 is 0 Å². The second-order valence-electron chi connectivity index (χ2n) is 4.86. The Balaban J connectivity index is 1.53. The van der Waals surface area contributed by atoms with Gasteiger partial charge in [0.1, 0.15) is 0 Å². The van der Waals surface area contributed by atoms with Crippen LogP contribution in [0.4, 0.5) is 0 Å². The first-order chi connectivity index (χ1) is 7.45. The molecule has 0 saturated carbocycles. The topological polar surface area (TPSA) is 24.1 Å². The summed E-state index contributed by atoms with van der Waals surface area (Å²) in [7, 11) is 0. The summed E-state index contributed by atoms with van der Waals surface area (Å²) < 4.78 is 0. The zero-order valence-electron chi connectivity index (χ0n) is 9.63.